The Labute approximate surface area is 165 Å². The van der Waals surface area contributed by atoms with Crippen molar-refractivity contribution in [3.63, 3.8) is 0 Å². The van der Waals surface area contributed by atoms with Gasteiger partial charge in [0.15, 0.2) is 5.69 Å². The fraction of sp³-hybridized carbons (Fsp3) is 0.429. The smallest absolute Gasteiger partial charge is 0.300 e. The Kier molecular flexibility index (Phi) is 6.38. The number of hydrogen-bond acceptors (Lipinski definition) is 6. The number of nitro groups is 1. The van der Waals surface area contributed by atoms with Crippen LogP contribution in [0, 0.1) is 10.1 Å². The van der Waals surface area contributed by atoms with Crippen LogP contribution in [0.4, 0.5) is 17.1 Å². The average Bonchev–Trinajstić information content (AvgIpc) is 2.65. The molecule has 150 valence electrons. The summed E-state index contributed by atoms with van der Waals surface area (Å²) in [5.74, 6) is 0.566. The number of hydrogen-bond donors (Lipinski definition) is 1. The van der Waals surface area contributed by atoms with Crippen LogP contribution in [0.5, 0.6) is 11.5 Å². The average molecular weight is 385 g/mol. The first-order valence-corrected chi connectivity index (χ1v) is 9.20. The summed E-state index contributed by atoms with van der Waals surface area (Å²) in [7, 11) is 1.44. The van der Waals surface area contributed by atoms with Crippen LogP contribution in [0.1, 0.15) is 58.1 Å². The SMILES string of the molecule is CCC(C)c1cc(C(C)(C)C)cc(N=Nc2ccc(OC)cc2[N+](=O)[O-])c1O. The van der Waals surface area contributed by atoms with E-state index >= 15 is 0 Å². The minimum atomic E-state index is -0.535. The normalized spacial score (nSPS) is 12.9. The highest BCUT2D eigenvalue weighted by atomic mass is 16.6. The predicted molar refractivity (Wildman–Crippen MR) is 109 cm³/mol. The van der Waals surface area contributed by atoms with E-state index in [1.165, 1.54) is 19.2 Å². The van der Waals surface area contributed by atoms with Gasteiger partial charge in [0.1, 0.15) is 17.2 Å². The summed E-state index contributed by atoms with van der Waals surface area (Å²) in [6, 6.07) is 8.13. The summed E-state index contributed by atoms with van der Waals surface area (Å²) in [4.78, 5) is 10.8. The van der Waals surface area contributed by atoms with Crippen molar-refractivity contribution >= 4 is 17.1 Å². The number of ether oxygens (including phenoxy) is 1. The number of phenols is 1. The summed E-state index contributed by atoms with van der Waals surface area (Å²) in [5.41, 5.74) is 1.85. The third-order valence-electron chi connectivity index (χ3n) is 4.77. The molecule has 0 aliphatic carbocycles. The van der Waals surface area contributed by atoms with Crippen LogP contribution in [0.2, 0.25) is 0 Å². The first-order valence-electron chi connectivity index (χ1n) is 9.20. The van der Waals surface area contributed by atoms with Gasteiger partial charge in [-0.25, -0.2) is 0 Å². The van der Waals surface area contributed by atoms with Gasteiger partial charge in [-0.05, 0) is 47.1 Å². The maximum Gasteiger partial charge on any atom is 0.300 e. The second kappa shape index (κ2) is 8.37. The Morgan fingerprint density at radius 1 is 1.18 bits per heavy atom. The molecule has 1 N–H and O–H groups in total. The molecule has 0 saturated carbocycles. The molecule has 2 aromatic rings. The van der Waals surface area contributed by atoms with Crippen LogP contribution in [-0.2, 0) is 5.41 Å². The highest BCUT2D eigenvalue weighted by Gasteiger charge is 2.21. The first kappa shape index (κ1) is 21.3. The van der Waals surface area contributed by atoms with E-state index < -0.39 is 4.92 Å². The monoisotopic (exact) mass is 385 g/mol. The first-order chi connectivity index (χ1) is 13.1. The molecule has 0 aliphatic rings. The summed E-state index contributed by atoms with van der Waals surface area (Å²) in [6.07, 6.45) is 0.863. The minimum absolute atomic E-state index is 0.0577. The van der Waals surface area contributed by atoms with Crippen molar-refractivity contribution in [3.05, 3.63) is 51.6 Å². The predicted octanol–water partition coefficient (Wildman–Crippen LogP) is 6.54. The zero-order valence-corrected chi connectivity index (χ0v) is 17.2. The van der Waals surface area contributed by atoms with Gasteiger partial charge in [0.2, 0.25) is 0 Å². The van der Waals surface area contributed by atoms with E-state index in [-0.39, 0.29) is 28.5 Å². The van der Waals surface area contributed by atoms with E-state index in [1.807, 2.05) is 13.0 Å². The maximum atomic E-state index is 11.3. The molecule has 0 aromatic heterocycles. The molecule has 0 fully saturated rings. The number of nitro benzene ring substituents is 1. The van der Waals surface area contributed by atoms with Gasteiger partial charge in [-0.15, -0.1) is 10.2 Å². The molecule has 0 radical (unpaired) electrons. The van der Waals surface area contributed by atoms with Gasteiger partial charge >= 0.3 is 0 Å². The van der Waals surface area contributed by atoms with Crippen molar-refractivity contribution in [1.29, 1.82) is 0 Å². The molecule has 0 bridgehead atoms. The highest BCUT2D eigenvalue weighted by molar-refractivity contribution is 5.62. The molecule has 7 heteroatoms. The van der Waals surface area contributed by atoms with Gasteiger partial charge in [0.25, 0.3) is 5.69 Å². The number of rotatable bonds is 6. The molecular formula is C21H27N3O4. The number of benzene rings is 2. The van der Waals surface area contributed by atoms with Crippen molar-refractivity contribution in [2.45, 2.75) is 52.4 Å². The molecule has 1 atom stereocenters. The maximum absolute atomic E-state index is 11.3. The molecule has 0 spiro atoms. The Hall–Kier alpha value is -2.96. The zero-order valence-electron chi connectivity index (χ0n) is 17.2. The van der Waals surface area contributed by atoms with Crippen LogP contribution in [0.3, 0.4) is 0 Å². The minimum Gasteiger partial charge on any atom is -0.505 e. The topological polar surface area (TPSA) is 97.3 Å². The Morgan fingerprint density at radius 3 is 2.36 bits per heavy atom. The molecule has 28 heavy (non-hydrogen) atoms. The van der Waals surface area contributed by atoms with E-state index in [0.29, 0.717) is 11.4 Å². The zero-order chi connectivity index (χ0) is 21.1. The second-order valence-corrected chi connectivity index (χ2v) is 7.80. The van der Waals surface area contributed by atoms with Gasteiger partial charge < -0.3 is 9.84 Å². The van der Waals surface area contributed by atoms with Crippen molar-refractivity contribution < 1.29 is 14.8 Å². The number of aromatic hydroxyl groups is 1. The molecule has 1 unspecified atom stereocenters. The standard InChI is InChI=1S/C21H27N3O4/c1-7-13(2)16-10-14(21(3,4)5)11-18(20(16)25)23-22-17-9-8-15(28-6)12-19(17)24(26)27/h8-13,25H,7H2,1-6H3. The lowest BCUT2D eigenvalue weighted by Gasteiger charge is -2.23. The van der Waals surface area contributed by atoms with E-state index in [9.17, 15) is 15.2 Å². The third-order valence-corrected chi connectivity index (χ3v) is 4.77. The van der Waals surface area contributed by atoms with E-state index in [4.69, 9.17) is 4.74 Å². The summed E-state index contributed by atoms with van der Waals surface area (Å²) in [6.45, 7) is 10.3. The number of azo groups is 1. The third kappa shape index (κ3) is 4.65. The Morgan fingerprint density at radius 2 is 1.82 bits per heavy atom. The highest BCUT2D eigenvalue weighted by Crippen LogP contribution is 2.41. The van der Waals surface area contributed by atoms with E-state index in [1.54, 1.807) is 12.1 Å². The largest absolute Gasteiger partial charge is 0.505 e. The molecule has 7 nitrogen and oxygen atoms in total. The summed E-state index contributed by atoms with van der Waals surface area (Å²) in [5, 5.41) is 30.3. The lowest BCUT2D eigenvalue weighted by atomic mass is 9.83. The Bertz CT molecular complexity index is 901. The van der Waals surface area contributed by atoms with Crippen molar-refractivity contribution in [3.8, 4) is 11.5 Å². The second-order valence-electron chi connectivity index (χ2n) is 7.80. The van der Waals surface area contributed by atoms with Gasteiger partial charge in [0.05, 0.1) is 18.1 Å². The quantitative estimate of drug-likeness (QED) is 0.347. The van der Waals surface area contributed by atoms with Crippen molar-refractivity contribution in [1.82, 2.24) is 0 Å². The van der Waals surface area contributed by atoms with Crippen LogP contribution < -0.4 is 4.74 Å². The fourth-order valence-electron chi connectivity index (χ4n) is 2.71. The van der Waals surface area contributed by atoms with Crippen molar-refractivity contribution in [2.24, 2.45) is 10.2 Å². The van der Waals surface area contributed by atoms with Gasteiger partial charge in [-0.2, -0.15) is 0 Å². The molecular weight excluding hydrogens is 358 g/mol. The van der Waals surface area contributed by atoms with E-state index in [0.717, 1.165) is 17.5 Å². The van der Waals surface area contributed by atoms with Crippen LogP contribution in [0.15, 0.2) is 40.6 Å². The van der Waals surface area contributed by atoms with Gasteiger partial charge in [0, 0.05) is 0 Å². The molecule has 0 aliphatic heterocycles. The Balaban J connectivity index is 2.58. The number of nitrogens with zero attached hydrogens (tertiary/aromatic N) is 3. The summed E-state index contributed by atoms with van der Waals surface area (Å²) < 4.78 is 5.03. The lowest BCUT2D eigenvalue weighted by Crippen LogP contribution is -2.12. The molecule has 2 rings (SSSR count). The van der Waals surface area contributed by atoms with Gasteiger partial charge in [-0.3, -0.25) is 10.1 Å². The van der Waals surface area contributed by atoms with Crippen LogP contribution in [-0.4, -0.2) is 17.1 Å². The van der Waals surface area contributed by atoms with Gasteiger partial charge in [-0.1, -0.05) is 40.7 Å². The number of phenolic OH excluding ortho intramolecular Hbond substituents is 1. The summed E-state index contributed by atoms with van der Waals surface area (Å²) >= 11 is 0. The molecule has 2 aromatic carbocycles. The van der Waals surface area contributed by atoms with Crippen LogP contribution >= 0.6 is 0 Å². The lowest BCUT2D eigenvalue weighted by molar-refractivity contribution is -0.384. The molecule has 0 saturated heterocycles. The molecule has 0 heterocycles. The number of methoxy groups -OCH3 is 1. The van der Waals surface area contributed by atoms with Crippen molar-refractivity contribution in [2.75, 3.05) is 7.11 Å². The van der Waals surface area contributed by atoms with E-state index in [2.05, 4.69) is 37.9 Å². The molecule has 0 amide bonds. The fourth-order valence-corrected chi connectivity index (χ4v) is 2.71. The van der Waals surface area contributed by atoms with Crippen LogP contribution in [0.25, 0.3) is 0 Å².